The maximum Gasteiger partial charge on any atom is 0.231 e. The quantitative estimate of drug-likeness (QED) is 0.459. The summed E-state index contributed by atoms with van der Waals surface area (Å²) in [5, 5.41) is 7.11. The van der Waals surface area contributed by atoms with Crippen molar-refractivity contribution in [2.75, 3.05) is 13.4 Å². The van der Waals surface area contributed by atoms with Crippen molar-refractivity contribution in [1.82, 2.24) is 5.01 Å². The van der Waals surface area contributed by atoms with Crippen molar-refractivity contribution in [2.24, 2.45) is 5.10 Å². The first-order chi connectivity index (χ1) is 15.7. The predicted molar refractivity (Wildman–Crippen MR) is 123 cm³/mol. The van der Waals surface area contributed by atoms with Crippen LogP contribution in [0.25, 0.3) is 0 Å². The molecular weight excluding hydrogens is 472 g/mol. The summed E-state index contributed by atoms with van der Waals surface area (Å²) in [6, 6.07) is 20.3. The van der Waals surface area contributed by atoms with Gasteiger partial charge in [-0.2, -0.15) is 5.10 Å². The fourth-order valence-electron chi connectivity index (χ4n) is 4.42. The average Bonchev–Trinajstić information content (AvgIpc) is 3.46. The van der Waals surface area contributed by atoms with E-state index in [9.17, 15) is 0 Å². The zero-order valence-corrected chi connectivity index (χ0v) is 19.0. The van der Waals surface area contributed by atoms with Gasteiger partial charge in [0, 0.05) is 27.6 Å². The molecule has 0 amide bonds. The number of hydrogen-bond donors (Lipinski definition) is 0. The second kappa shape index (κ2) is 7.74. The maximum atomic E-state index is 6.46. The second-order valence-corrected chi connectivity index (χ2v) is 8.78. The molecule has 0 N–H and O–H groups in total. The van der Waals surface area contributed by atoms with Crippen LogP contribution in [-0.2, 0) is 0 Å². The Labute approximate surface area is 194 Å². The molecule has 0 bridgehead atoms. The third-order valence-corrected chi connectivity index (χ3v) is 6.43. The van der Waals surface area contributed by atoms with Crippen molar-refractivity contribution in [3.05, 3.63) is 81.8 Å². The van der Waals surface area contributed by atoms with E-state index in [0.29, 0.717) is 6.61 Å². The Kier molecular flexibility index (Phi) is 4.72. The van der Waals surface area contributed by atoms with E-state index in [2.05, 4.69) is 27.0 Å². The molecule has 3 aliphatic rings. The summed E-state index contributed by atoms with van der Waals surface area (Å²) >= 11 is 3.61. The molecule has 0 spiro atoms. The van der Waals surface area contributed by atoms with Crippen LogP contribution in [0.2, 0.25) is 0 Å². The molecule has 0 fully saturated rings. The van der Waals surface area contributed by atoms with E-state index in [1.54, 1.807) is 0 Å². The van der Waals surface area contributed by atoms with Gasteiger partial charge in [-0.1, -0.05) is 15.9 Å². The smallest absolute Gasteiger partial charge is 0.231 e. The number of halogens is 1. The summed E-state index contributed by atoms with van der Waals surface area (Å²) in [7, 11) is 0. The number of fused-ring (bicyclic) bond motifs is 4. The molecule has 0 aliphatic carbocycles. The Hall–Kier alpha value is -3.19. The van der Waals surface area contributed by atoms with Crippen molar-refractivity contribution < 1.29 is 18.9 Å². The van der Waals surface area contributed by atoms with E-state index in [-0.39, 0.29) is 19.1 Å². The van der Waals surface area contributed by atoms with Crippen LogP contribution in [0.15, 0.2) is 70.2 Å². The Morgan fingerprint density at radius 3 is 2.66 bits per heavy atom. The Balaban J connectivity index is 1.40. The van der Waals surface area contributed by atoms with Gasteiger partial charge in [-0.3, -0.25) is 0 Å². The lowest BCUT2D eigenvalue weighted by atomic mass is 9.96. The SMILES string of the molecule is CCOc1ccc([C@H]2Oc3ccc(Br)cc3[C@@H]3CC(c4ccc5c(c4)OCO5)=NN23)cc1. The second-order valence-electron chi connectivity index (χ2n) is 7.87. The van der Waals surface area contributed by atoms with E-state index in [4.69, 9.17) is 24.0 Å². The van der Waals surface area contributed by atoms with Crippen LogP contribution in [0, 0.1) is 0 Å². The van der Waals surface area contributed by atoms with Gasteiger partial charge in [0.1, 0.15) is 11.5 Å². The first-order valence-electron chi connectivity index (χ1n) is 10.6. The maximum absolute atomic E-state index is 6.46. The third kappa shape index (κ3) is 3.28. The lowest BCUT2D eigenvalue weighted by Gasteiger charge is -2.38. The minimum atomic E-state index is -0.323. The fraction of sp³-hybridized carbons (Fsp3) is 0.240. The van der Waals surface area contributed by atoms with Gasteiger partial charge in [0.15, 0.2) is 11.5 Å². The number of hydrazone groups is 1. The highest BCUT2D eigenvalue weighted by Gasteiger charge is 2.41. The summed E-state index contributed by atoms with van der Waals surface area (Å²) in [4.78, 5) is 0. The van der Waals surface area contributed by atoms with E-state index in [0.717, 1.165) is 56.3 Å². The van der Waals surface area contributed by atoms with Gasteiger partial charge in [0.2, 0.25) is 13.0 Å². The third-order valence-electron chi connectivity index (χ3n) is 5.93. The van der Waals surface area contributed by atoms with Crippen LogP contribution in [-0.4, -0.2) is 24.1 Å². The van der Waals surface area contributed by atoms with E-state index in [1.165, 1.54) is 0 Å². The molecule has 162 valence electrons. The average molecular weight is 493 g/mol. The van der Waals surface area contributed by atoms with Gasteiger partial charge >= 0.3 is 0 Å². The van der Waals surface area contributed by atoms with E-state index < -0.39 is 0 Å². The van der Waals surface area contributed by atoms with Crippen LogP contribution in [0.5, 0.6) is 23.0 Å². The van der Waals surface area contributed by atoms with Crippen LogP contribution >= 0.6 is 15.9 Å². The van der Waals surface area contributed by atoms with Gasteiger partial charge in [-0.25, -0.2) is 5.01 Å². The van der Waals surface area contributed by atoms with Crippen molar-refractivity contribution in [2.45, 2.75) is 25.6 Å². The molecule has 0 saturated heterocycles. The standard InChI is InChI=1S/C25H21BrN2O4/c1-2-29-18-7-3-15(4-8-18)25-28-21(19-12-17(26)6-10-22(19)32-25)13-20(27-28)16-5-9-23-24(11-16)31-14-30-23/h3-12,21,25H,2,13-14H2,1H3/t21-,25+/m0/s1. The molecule has 6 rings (SSSR count). The molecule has 32 heavy (non-hydrogen) atoms. The zero-order chi connectivity index (χ0) is 21.7. The largest absolute Gasteiger partial charge is 0.494 e. The van der Waals surface area contributed by atoms with Crippen molar-refractivity contribution >= 4 is 21.6 Å². The molecule has 3 heterocycles. The highest BCUT2D eigenvalue weighted by Crippen LogP contribution is 2.48. The summed E-state index contributed by atoms with van der Waals surface area (Å²) in [6.45, 7) is 2.88. The minimum Gasteiger partial charge on any atom is -0.494 e. The monoisotopic (exact) mass is 492 g/mol. The molecule has 0 aromatic heterocycles. The highest BCUT2D eigenvalue weighted by molar-refractivity contribution is 9.10. The Morgan fingerprint density at radius 1 is 1.00 bits per heavy atom. The molecule has 0 unspecified atom stereocenters. The molecule has 6 nitrogen and oxygen atoms in total. The first-order valence-corrected chi connectivity index (χ1v) is 11.4. The van der Waals surface area contributed by atoms with Gasteiger partial charge in [0.25, 0.3) is 0 Å². The Bertz CT molecular complexity index is 1210. The highest BCUT2D eigenvalue weighted by atomic mass is 79.9. The Morgan fingerprint density at radius 2 is 1.81 bits per heavy atom. The lowest BCUT2D eigenvalue weighted by molar-refractivity contribution is -0.0191. The lowest BCUT2D eigenvalue weighted by Crippen LogP contribution is -2.33. The van der Waals surface area contributed by atoms with E-state index >= 15 is 0 Å². The van der Waals surface area contributed by atoms with Crippen LogP contribution in [0.3, 0.4) is 0 Å². The normalized spacial score (nSPS) is 20.3. The topological polar surface area (TPSA) is 52.5 Å². The minimum absolute atomic E-state index is 0.0771. The van der Waals surface area contributed by atoms with Gasteiger partial charge in [-0.15, -0.1) is 0 Å². The van der Waals surface area contributed by atoms with Crippen LogP contribution < -0.4 is 18.9 Å². The number of hydrogen-bond acceptors (Lipinski definition) is 6. The summed E-state index contributed by atoms with van der Waals surface area (Å²) < 4.78 is 24.1. The molecule has 3 aliphatic heterocycles. The summed E-state index contributed by atoms with van der Waals surface area (Å²) in [5.41, 5.74) is 4.19. The van der Waals surface area contributed by atoms with Crippen LogP contribution in [0.4, 0.5) is 0 Å². The fourth-order valence-corrected chi connectivity index (χ4v) is 4.80. The van der Waals surface area contributed by atoms with Gasteiger partial charge in [-0.05, 0) is 67.6 Å². The summed E-state index contributed by atoms with van der Waals surface area (Å²) in [6.07, 6.45) is 0.454. The van der Waals surface area contributed by atoms with Crippen molar-refractivity contribution in [3.8, 4) is 23.0 Å². The predicted octanol–water partition coefficient (Wildman–Crippen LogP) is 5.82. The molecule has 3 aromatic rings. The molecule has 0 saturated carbocycles. The molecular formula is C25H21BrN2O4. The number of benzene rings is 3. The number of nitrogens with zero attached hydrogens (tertiary/aromatic N) is 2. The number of ether oxygens (including phenoxy) is 4. The molecule has 3 aromatic carbocycles. The summed E-state index contributed by atoms with van der Waals surface area (Å²) in [5.74, 6) is 3.27. The first kappa shape index (κ1) is 19.5. The molecule has 2 atom stereocenters. The molecule has 0 radical (unpaired) electrons. The number of rotatable bonds is 4. The van der Waals surface area contributed by atoms with Crippen LogP contribution in [0.1, 0.15) is 42.3 Å². The zero-order valence-electron chi connectivity index (χ0n) is 17.5. The van der Waals surface area contributed by atoms with E-state index in [1.807, 2.05) is 61.5 Å². The van der Waals surface area contributed by atoms with Gasteiger partial charge < -0.3 is 18.9 Å². The van der Waals surface area contributed by atoms with Crippen molar-refractivity contribution in [1.29, 1.82) is 0 Å². The molecule has 7 heteroatoms. The van der Waals surface area contributed by atoms with Crippen molar-refractivity contribution in [3.63, 3.8) is 0 Å². The van der Waals surface area contributed by atoms with Gasteiger partial charge in [0.05, 0.1) is 18.4 Å².